The van der Waals surface area contributed by atoms with E-state index in [4.69, 9.17) is 14.2 Å². The van der Waals surface area contributed by atoms with Crippen molar-refractivity contribution in [3.05, 3.63) is 55.1 Å². The minimum Gasteiger partial charge on any atom is -0.490 e. The Morgan fingerprint density at radius 3 is 2.07 bits per heavy atom. The first-order chi connectivity index (χ1) is 19.3. The molecule has 3 N–H and O–H groups in total. The number of ether oxygens (including phenoxy) is 3. The minimum atomic E-state index is -1.05. The second kappa shape index (κ2) is 18.1. The van der Waals surface area contributed by atoms with Crippen LogP contribution in [0, 0.1) is 5.92 Å². The number of esters is 1. The van der Waals surface area contributed by atoms with Gasteiger partial charge in [0.05, 0.1) is 7.11 Å². The van der Waals surface area contributed by atoms with Gasteiger partial charge in [0.1, 0.15) is 36.1 Å². The summed E-state index contributed by atoms with van der Waals surface area (Å²) in [4.78, 5) is 51.8. The van der Waals surface area contributed by atoms with Gasteiger partial charge in [-0.3, -0.25) is 9.59 Å². The second-order valence-corrected chi connectivity index (χ2v) is 11.8. The molecule has 1 aromatic rings. The van der Waals surface area contributed by atoms with Gasteiger partial charge in [0.15, 0.2) is 0 Å². The Balaban J connectivity index is 3.16. The molecule has 0 aromatic heterocycles. The zero-order valence-electron chi connectivity index (χ0n) is 25.0. The van der Waals surface area contributed by atoms with E-state index in [1.165, 1.54) is 18.9 Å². The van der Waals surface area contributed by atoms with E-state index >= 15 is 0 Å². The van der Waals surface area contributed by atoms with Crippen molar-refractivity contribution >= 4 is 35.6 Å². The molecule has 0 radical (unpaired) electrons. The molecule has 1 aromatic carbocycles. The molecule has 0 spiro atoms. The summed E-state index contributed by atoms with van der Waals surface area (Å²) < 4.78 is 15.7. The largest absolute Gasteiger partial charge is 0.490 e. The number of hydrogen-bond acceptors (Lipinski definition) is 8. The van der Waals surface area contributed by atoms with Crippen LogP contribution in [0.3, 0.4) is 0 Å². The number of rotatable bonds is 17. The Morgan fingerprint density at radius 2 is 1.54 bits per heavy atom. The molecule has 41 heavy (non-hydrogen) atoms. The highest BCUT2D eigenvalue weighted by Crippen LogP contribution is 2.15. The Morgan fingerprint density at radius 1 is 0.927 bits per heavy atom. The average molecular weight is 592 g/mol. The molecule has 3 atom stereocenters. The summed E-state index contributed by atoms with van der Waals surface area (Å²) in [5.74, 6) is -0.139. The molecule has 11 heteroatoms. The minimum absolute atomic E-state index is 0.0399. The molecule has 228 valence electrons. The van der Waals surface area contributed by atoms with Gasteiger partial charge >= 0.3 is 12.1 Å². The molecule has 0 unspecified atom stereocenters. The van der Waals surface area contributed by atoms with Crippen molar-refractivity contribution in [1.82, 2.24) is 16.0 Å². The fourth-order valence-electron chi connectivity index (χ4n) is 3.60. The number of methoxy groups -OCH3 is 1. The molecule has 1 rings (SSSR count). The fraction of sp³-hybridized carbons (Fsp3) is 0.533. The highest BCUT2D eigenvalue weighted by atomic mass is 32.2. The molecular weight excluding hydrogens is 546 g/mol. The summed E-state index contributed by atoms with van der Waals surface area (Å²) >= 11 is 1.41. The first-order valence-corrected chi connectivity index (χ1v) is 14.6. The van der Waals surface area contributed by atoms with Crippen LogP contribution in [0.25, 0.3) is 0 Å². The van der Waals surface area contributed by atoms with Crippen LogP contribution in [0.15, 0.2) is 49.6 Å². The van der Waals surface area contributed by atoms with E-state index in [1.54, 1.807) is 57.2 Å². The molecule has 0 heterocycles. The van der Waals surface area contributed by atoms with Gasteiger partial charge in [0.25, 0.3) is 0 Å². The number of benzene rings is 1. The normalized spacial score (nSPS) is 13.2. The number of carbonyl (C=O) groups is 4. The standard InChI is InChI=1S/C30H45N3O7S/c1-9-15-39-22-13-11-21(12-14-22)18-24(33-29(37)40-30(5,6)7)27(35)31-23(17-20(3)4)26(34)32-25(28(36)38-8)19-41-16-10-2/h9-14,20,23-25H,1-2,15-19H2,3-8H3,(H,31,35)(H,32,34)(H,33,37)/t23-,24-,25-/m0/s1. The lowest BCUT2D eigenvalue weighted by Gasteiger charge is -2.27. The van der Waals surface area contributed by atoms with Gasteiger partial charge in [0.2, 0.25) is 11.8 Å². The SMILES string of the molecule is C=CCOc1ccc(C[C@H](NC(=O)OC(C)(C)C)C(=O)N[C@@H](CC(C)C)C(=O)N[C@@H](CSCC=C)C(=O)OC)cc1. The van der Waals surface area contributed by atoms with Crippen LogP contribution in [0.5, 0.6) is 5.75 Å². The van der Waals surface area contributed by atoms with E-state index in [9.17, 15) is 19.2 Å². The molecule has 10 nitrogen and oxygen atoms in total. The molecule has 0 bridgehead atoms. The smallest absolute Gasteiger partial charge is 0.408 e. The number of thioether (sulfide) groups is 1. The molecular formula is C30H45N3O7S. The summed E-state index contributed by atoms with van der Waals surface area (Å²) in [5.41, 5.74) is -0.0241. The van der Waals surface area contributed by atoms with E-state index < -0.39 is 47.6 Å². The lowest BCUT2D eigenvalue weighted by atomic mass is 10.0. The van der Waals surface area contributed by atoms with Crippen LogP contribution < -0.4 is 20.7 Å². The van der Waals surface area contributed by atoms with E-state index in [-0.39, 0.29) is 18.1 Å². The van der Waals surface area contributed by atoms with Crippen molar-refractivity contribution in [2.24, 2.45) is 5.92 Å². The molecule has 0 aliphatic heterocycles. The van der Waals surface area contributed by atoms with Gasteiger partial charge < -0.3 is 30.2 Å². The maximum absolute atomic E-state index is 13.5. The third-order valence-electron chi connectivity index (χ3n) is 5.40. The van der Waals surface area contributed by atoms with Crippen molar-refractivity contribution in [3.63, 3.8) is 0 Å². The van der Waals surface area contributed by atoms with Gasteiger partial charge in [-0.05, 0) is 50.8 Å². The zero-order valence-corrected chi connectivity index (χ0v) is 25.8. The highest BCUT2D eigenvalue weighted by molar-refractivity contribution is 7.99. The van der Waals surface area contributed by atoms with E-state index in [0.717, 1.165) is 5.56 Å². The maximum Gasteiger partial charge on any atom is 0.408 e. The van der Waals surface area contributed by atoms with Gasteiger partial charge in [0, 0.05) is 17.9 Å². The monoisotopic (exact) mass is 591 g/mol. The van der Waals surface area contributed by atoms with E-state index in [2.05, 4.69) is 29.1 Å². The summed E-state index contributed by atoms with van der Waals surface area (Å²) in [5, 5.41) is 8.11. The molecule has 0 saturated carbocycles. The van der Waals surface area contributed by atoms with Crippen molar-refractivity contribution in [1.29, 1.82) is 0 Å². The third-order valence-corrected chi connectivity index (χ3v) is 6.44. The molecule has 0 aliphatic rings. The lowest BCUT2D eigenvalue weighted by molar-refractivity contribution is -0.144. The van der Waals surface area contributed by atoms with E-state index in [0.29, 0.717) is 24.5 Å². The van der Waals surface area contributed by atoms with Crippen molar-refractivity contribution in [2.45, 2.75) is 71.2 Å². The third kappa shape index (κ3) is 14.6. The topological polar surface area (TPSA) is 132 Å². The maximum atomic E-state index is 13.5. The van der Waals surface area contributed by atoms with Crippen molar-refractivity contribution in [3.8, 4) is 5.75 Å². The van der Waals surface area contributed by atoms with Gasteiger partial charge in [-0.1, -0.05) is 44.7 Å². The quantitative estimate of drug-likeness (QED) is 0.142. The van der Waals surface area contributed by atoms with Crippen LogP contribution >= 0.6 is 11.8 Å². The summed E-state index contributed by atoms with van der Waals surface area (Å²) in [6.45, 7) is 16.6. The second-order valence-electron chi connectivity index (χ2n) is 10.7. The molecule has 0 fully saturated rings. The number of hydrogen-bond donors (Lipinski definition) is 3. The van der Waals surface area contributed by atoms with Crippen LogP contribution in [-0.4, -0.2) is 72.8 Å². The molecule has 0 saturated heterocycles. The number of nitrogens with one attached hydrogen (secondary N) is 3. The first kappa shape index (κ1) is 35.6. The summed E-state index contributed by atoms with van der Waals surface area (Å²) in [6.07, 6.45) is 3.00. The number of carbonyl (C=O) groups excluding carboxylic acids is 4. The zero-order chi connectivity index (χ0) is 31.0. The summed E-state index contributed by atoms with van der Waals surface area (Å²) in [6, 6.07) is 4.18. The number of amides is 3. The predicted molar refractivity (Wildman–Crippen MR) is 162 cm³/mol. The highest BCUT2D eigenvalue weighted by Gasteiger charge is 2.31. The van der Waals surface area contributed by atoms with Gasteiger partial charge in [-0.15, -0.1) is 6.58 Å². The molecule has 3 amide bonds. The molecule has 0 aliphatic carbocycles. The Labute approximate surface area is 248 Å². The van der Waals surface area contributed by atoms with Gasteiger partial charge in [-0.2, -0.15) is 11.8 Å². The fourth-order valence-corrected chi connectivity index (χ4v) is 4.36. The van der Waals surface area contributed by atoms with Crippen LogP contribution in [-0.2, 0) is 30.3 Å². The lowest BCUT2D eigenvalue weighted by Crippen LogP contribution is -2.57. The first-order valence-electron chi connectivity index (χ1n) is 13.5. The summed E-state index contributed by atoms with van der Waals surface area (Å²) in [7, 11) is 1.25. The van der Waals surface area contributed by atoms with Crippen molar-refractivity contribution in [2.75, 3.05) is 25.2 Å². The van der Waals surface area contributed by atoms with Crippen molar-refractivity contribution < 1.29 is 33.4 Å². The van der Waals surface area contributed by atoms with E-state index in [1.807, 2.05) is 13.8 Å². The Kier molecular flexibility index (Phi) is 15.7. The van der Waals surface area contributed by atoms with Gasteiger partial charge in [-0.25, -0.2) is 9.59 Å². The Hall–Kier alpha value is -3.47. The van der Waals surface area contributed by atoms with Crippen LogP contribution in [0.4, 0.5) is 4.79 Å². The van der Waals surface area contributed by atoms with Crippen LogP contribution in [0.2, 0.25) is 0 Å². The Bertz CT molecular complexity index is 1020. The average Bonchev–Trinajstić information content (AvgIpc) is 2.89. The van der Waals surface area contributed by atoms with Crippen LogP contribution in [0.1, 0.15) is 46.6 Å². The predicted octanol–water partition coefficient (Wildman–Crippen LogP) is 3.80. The number of alkyl carbamates (subject to hydrolysis) is 1.